The van der Waals surface area contributed by atoms with Crippen molar-refractivity contribution in [1.82, 2.24) is 13.9 Å². The number of amides is 1. The van der Waals surface area contributed by atoms with Gasteiger partial charge in [0.2, 0.25) is 0 Å². The summed E-state index contributed by atoms with van der Waals surface area (Å²) in [4.78, 5) is 31.4. The van der Waals surface area contributed by atoms with Crippen LogP contribution in [0.1, 0.15) is 73.4 Å². The van der Waals surface area contributed by atoms with E-state index in [0.29, 0.717) is 31.5 Å². The third-order valence-corrected chi connectivity index (χ3v) is 12.5. The van der Waals surface area contributed by atoms with Crippen LogP contribution in [0.15, 0.2) is 65.6 Å². The van der Waals surface area contributed by atoms with Crippen LogP contribution in [0.5, 0.6) is 5.75 Å². The van der Waals surface area contributed by atoms with Gasteiger partial charge in [-0.1, -0.05) is 81.2 Å². The summed E-state index contributed by atoms with van der Waals surface area (Å²) in [5.41, 5.74) is 5.72. The van der Waals surface area contributed by atoms with E-state index in [4.69, 9.17) is 17.0 Å². The predicted octanol–water partition coefficient (Wildman–Crippen LogP) is 8.56. The number of aryl methyl sites for hydroxylation is 1. The lowest BCUT2D eigenvalue weighted by molar-refractivity contribution is -0.120. The highest BCUT2D eigenvalue weighted by molar-refractivity contribution is 8.30. The van der Waals surface area contributed by atoms with Crippen LogP contribution in [0.4, 0.5) is 0 Å². The number of thioether (sulfide) groups is 1. The number of hydrogen-bond donors (Lipinski definition) is 0. The monoisotopic (exact) mass is 727 g/mol. The second-order valence-electron chi connectivity index (χ2n) is 12.0. The van der Waals surface area contributed by atoms with Crippen molar-refractivity contribution >= 4 is 85.5 Å². The van der Waals surface area contributed by atoms with Crippen molar-refractivity contribution in [2.45, 2.75) is 65.8 Å². The number of ether oxygens (including phenoxy) is 1. The number of thiocarbonyl (C=S) groups is 1. The Bertz CT molecular complexity index is 2200. The van der Waals surface area contributed by atoms with Crippen LogP contribution in [-0.4, -0.2) is 37.7 Å². The summed E-state index contributed by atoms with van der Waals surface area (Å²) in [6.07, 6.45) is 15.3. The average Bonchev–Trinajstić information content (AvgIpc) is 3.85. The van der Waals surface area contributed by atoms with E-state index >= 15 is 0 Å². The minimum Gasteiger partial charge on any atom is -0.497 e. The van der Waals surface area contributed by atoms with Gasteiger partial charge in [0.25, 0.3) is 11.5 Å². The molecule has 4 aromatic heterocycles. The first-order valence-corrected chi connectivity index (χ1v) is 19.7. The normalized spacial score (nSPS) is 15.1. The van der Waals surface area contributed by atoms with Crippen LogP contribution >= 0.6 is 46.7 Å². The van der Waals surface area contributed by atoms with Gasteiger partial charge in [-0.15, -0.1) is 22.7 Å². The quantitative estimate of drug-likeness (QED) is 0.0899. The van der Waals surface area contributed by atoms with E-state index < -0.39 is 0 Å². The molecule has 1 amide bonds. The molecule has 5 aromatic rings. The highest BCUT2D eigenvalue weighted by Gasteiger charge is 2.33. The Balaban J connectivity index is 1.28. The number of thiazole rings is 1. The highest BCUT2D eigenvalue weighted by Crippen LogP contribution is 2.35. The Morgan fingerprint density at radius 2 is 1.63 bits per heavy atom. The SMILES string of the molecule is CCCCCCCCN1C(=O)/C(=c2\s/c(=C\c3ccc(/C=C/c4c(-c5ccc(OC)cc5)c(C)c5ccccn45)s3)c(=O)n2CC)SC1=S. The zero-order chi connectivity index (χ0) is 34.5. The topological polar surface area (TPSA) is 56.0 Å². The summed E-state index contributed by atoms with van der Waals surface area (Å²) >= 11 is 9.95. The maximum absolute atomic E-state index is 13.5. The van der Waals surface area contributed by atoms with Gasteiger partial charge in [-0.05, 0) is 86.0 Å². The lowest BCUT2D eigenvalue weighted by Crippen LogP contribution is -2.33. The van der Waals surface area contributed by atoms with Gasteiger partial charge in [0, 0.05) is 40.1 Å². The van der Waals surface area contributed by atoms with Crippen LogP contribution in [-0.2, 0) is 11.3 Å². The van der Waals surface area contributed by atoms with Crippen molar-refractivity contribution in [2.24, 2.45) is 0 Å². The Labute approximate surface area is 305 Å². The lowest BCUT2D eigenvalue weighted by atomic mass is 10.0. The minimum absolute atomic E-state index is 0.0755. The first-order valence-electron chi connectivity index (χ1n) is 16.9. The van der Waals surface area contributed by atoms with E-state index in [9.17, 15) is 9.59 Å². The molecular formula is C39H41N3O3S4. The number of fused-ring (bicyclic) bond motifs is 1. The molecule has 1 aromatic carbocycles. The van der Waals surface area contributed by atoms with Crippen LogP contribution in [0, 0.1) is 6.92 Å². The van der Waals surface area contributed by atoms with Gasteiger partial charge in [0.15, 0.2) is 0 Å². The van der Waals surface area contributed by atoms with E-state index in [1.807, 2.05) is 31.2 Å². The molecule has 0 spiro atoms. The van der Waals surface area contributed by atoms with Gasteiger partial charge in [-0.25, -0.2) is 0 Å². The average molecular weight is 728 g/mol. The molecule has 0 N–H and O–H groups in total. The summed E-state index contributed by atoms with van der Waals surface area (Å²) in [6, 6.07) is 18.6. The van der Waals surface area contributed by atoms with Gasteiger partial charge in [-0.2, -0.15) is 0 Å². The van der Waals surface area contributed by atoms with Crippen molar-refractivity contribution < 1.29 is 9.53 Å². The number of aromatic nitrogens is 2. The fourth-order valence-electron chi connectivity index (χ4n) is 6.26. The molecule has 10 heteroatoms. The number of hydrogen-bond acceptors (Lipinski definition) is 7. The number of nitrogens with zero attached hydrogens (tertiary/aromatic N) is 3. The Morgan fingerprint density at radius 1 is 0.878 bits per heavy atom. The molecule has 6 nitrogen and oxygen atoms in total. The number of pyridine rings is 1. The number of unbranched alkanes of at least 4 members (excludes halogenated alkanes) is 5. The molecule has 1 aliphatic heterocycles. The van der Waals surface area contributed by atoms with Gasteiger partial charge >= 0.3 is 0 Å². The molecule has 49 heavy (non-hydrogen) atoms. The van der Waals surface area contributed by atoms with Crippen LogP contribution in [0.3, 0.4) is 0 Å². The fourth-order valence-corrected chi connectivity index (χ4v) is 9.81. The Kier molecular flexibility index (Phi) is 11.4. The molecule has 254 valence electrons. The third kappa shape index (κ3) is 7.43. The maximum Gasteiger partial charge on any atom is 0.269 e. The molecule has 1 aliphatic rings. The zero-order valence-corrected chi connectivity index (χ0v) is 31.6. The summed E-state index contributed by atoms with van der Waals surface area (Å²) in [5, 5.41) is 0. The number of benzene rings is 1. The molecule has 5 heterocycles. The first kappa shape index (κ1) is 35.1. The number of rotatable bonds is 13. The van der Waals surface area contributed by atoms with Crippen molar-refractivity contribution in [2.75, 3.05) is 13.7 Å². The second kappa shape index (κ2) is 15.9. The zero-order valence-electron chi connectivity index (χ0n) is 28.4. The van der Waals surface area contributed by atoms with Crippen LogP contribution in [0.2, 0.25) is 0 Å². The number of methoxy groups -OCH3 is 1. The van der Waals surface area contributed by atoms with E-state index in [1.54, 1.807) is 27.9 Å². The van der Waals surface area contributed by atoms with E-state index in [-0.39, 0.29) is 11.5 Å². The Morgan fingerprint density at radius 3 is 2.39 bits per heavy atom. The van der Waals surface area contributed by atoms with Crippen LogP contribution < -0.4 is 19.5 Å². The molecule has 1 saturated heterocycles. The summed E-state index contributed by atoms with van der Waals surface area (Å²) in [5.74, 6) is 0.749. The molecule has 0 unspecified atom stereocenters. The number of thiophene rings is 1. The highest BCUT2D eigenvalue weighted by atomic mass is 32.2. The van der Waals surface area contributed by atoms with Crippen molar-refractivity contribution in [1.29, 1.82) is 0 Å². The van der Waals surface area contributed by atoms with E-state index in [0.717, 1.165) is 45.1 Å². The summed E-state index contributed by atoms with van der Waals surface area (Å²) < 4.78 is 11.2. The largest absolute Gasteiger partial charge is 0.497 e. The van der Waals surface area contributed by atoms with E-state index in [1.165, 1.54) is 59.9 Å². The fraction of sp³-hybridized carbons (Fsp3) is 0.308. The molecular weight excluding hydrogens is 687 g/mol. The standard InChI is InChI=1S/C39H41N3O3S4/c1-5-7-8-9-10-12-24-42-37(44)35(49-39(42)46)38-40(6-2)36(43)33(48-38)25-30-20-19-29(47-30)21-22-32-34(27-15-17-28(45-4)18-16-27)26(3)31-14-11-13-23-41(31)32/h11,13-23,25H,5-10,12,24H2,1-4H3/b22-21+,33-25-,38-35+. The second-order valence-corrected chi connectivity index (χ2v) is 15.9. The lowest BCUT2D eigenvalue weighted by Gasteiger charge is -2.13. The predicted molar refractivity (Wildman–Crippen MR) is 213 cm³/mol. The summed E-state index contributed by atoms with van der Waals surface area (Å²) in [7, 11) is 1.68. The first-order chi connectivity index (χ1) is 23.8. The van der Waals surface area contributed by atoms with Crippen molar-refractivity contribution in [3.8, 4) is 16.9 Å². The van der Waals surface area contributed by atoms with Gasteiger partial charge in [-0.3, -0.25) is 19.1 Å². The van der Waals surface area contributed by atoms with Gasteiger partial charge in [0.05, 0.1) is 17.3 Å². The number of carbonyl (C=O) groups excluding carboxylic acids is 1. The smallest absolute Gasteiger partial charge is 0.269 e. The molecule has 0 aliphatic carbocycles. The van der Waals surface area contributed by atoms with Crippen molar-refractivity contribution in [3.05, 3.63) is 101 Å². The Hall–Kier alpha value is -3.70. The molecule has 6 rings (SSSR count). The molecule has 0 saturated carbocycles. The number of carbonyl (C=O) groups is 1. The third-order valence-electron chi connectivity index (χ3n) is 8.84. The molecule has 1 fully saturated rings. The summed E-state index contributed by atoms with van der Waals surface area (Å²) in [6.45, 7) is 7.44. The molecule has 0 atom stereocenters. The maximum atomic E-state index is 13.5. The van der Waals surface area contributed by atoms with Gasteiger partial charge < -0.3 is 9.14 Å². The molecule has 0 bridgehead atoms. The molecule has 0 radical (unpaired) electrons. The van der Waals surface area contributed by atoms with E-state index in [2.05, 4.69) is 73.0 Å². The van der Waals surface area contributed by atoms with Crippen molar-refractivity contribution in [3.63, 3.8) is 0 Å². The minimum atomic E-state index is -0.0794. The van der Waals surface area contributed by atoms with Crippen LogP contribution in [0.25, 0.3) is 39.8 Å². The van der Waals surface area contributed by atoms with Gasteiger partial charge in [0.1, 0.15) is 19.6 Å².